The van der Waals surface area contributed by atoms with E-state index in [0.717, 1.165) is 49.2 Å². The molecule has 37 heavy (non-hydrogen) atoms. The molecule has 0 spiro atoms. The molecule has 1 unspecified atom stereocenters. The third-order valence-electron chi connectivity index (χ3n) is 7.45. The fraction of sp³-hybridized carbons (Fsp3) is 0.300. The van der Waals surface area contributed by atoms with Crippen molar-refractivity contribution in [2.75, 3.05) is 13.7 Å². The van der Waals surface area contributed by atoms with Crippen LogP contribution in [0, 0.1) is 13.8 Å². The third-order valence-corrected chi connectivity index (χ3v) is 7.45. The molecule has 7 heteroatoms. The van der Waals surface area contributed by atoms with Crippen molar-refractivity contribution >= 4 is 22.9 Å². The van der Waals surface area contributed by atoms with Crippen molar-refractivity contribution in [3.8, 4) is 5.75 Å². The van der Waals surface area contributed by atoms with Crippen molar-refractivity contribution in [3.05, 3.63) is 93.9 Å². The van der Waals surface area contributed by atoms with Gasteiger partial charge >= 0.3 is 0 Å². The molecule has 2 aromatic carbocycles. The Hall–Kier alpha value is -3.81. The molecule has 0 saturated heterocycles. The topological polar surface area (TPSA) is 93.4 Å². The van der Waals surface area contributed by atoms with Crippen molar-refractivity contribution in [3.63, 3.8) is 0 Å². The van der Waals surface area contributed by atoms with Crippen molar-refractivity contribution in [1.29, 1.82) is 0 Å². The zero-order valence-corrected chi connectivity index (χ0v) is 21.6. The summed E-state index contributed by atoms with van der Waals surface area (Å²) in [6.07, 6.45) is 8.19. The quantitative estimate of drug-likeness (QED) is 0.142. The largest absolute Gasteiger partial charge is 0.497 e. The van der Waals surface area contributed by atoms with E-state index in [1.807, 2.05) is 18.2 Å². The molecule has 0 saturated carbocycles. The van der Waals surface area contributed by atoms with Crippen LogP contribution in [0.2, 0.25) is 0 Å². The number of benzene rings is 2. The lowest BCUT2D eigenvalue weighted by Crippen LogP contribution is -2.29. The average Bonchev–Trinajstić information content (AvgIpc) is 3.60. The first-order chi connectivity index (χ1) is 17.9. The lowest BCUT2D eigenvalue weighted by molar-refractivity contribution is -0.124. The number of aromatic nitrogens is 2. The summed E-state index contributed by atoms with van der Waals surface area (Å²) in [4.78, 5) is 21.0. The number of nitrogens with zero attached hydrogens (tertiary/aromatic N) is 1. The number of carbonyl (C=O) groups is 1. The highest BCUT2D eigenvalue weighted by molar-refractivity contribution is 5.90. The normalized spacial score (nSPS) is 15.1. The van der Waals surface area contributed by atoms with Crippen LogP contribution in [0.5, 0.6) is 5.75 Å². The molecule has 7 nitrogen and oxygen atoms in total. The minimum Gasteiger partial charge on any atom is -0.497 e. The SMILES string of the molecule is COc1ccc2c(CCN(Cc3[nH]c(C)cc3C)C3CCc4cc(/C=C/C(=O)NO)ccc43)c[nH]c2c1. The molecule has 1 amide bonds. The lowest BCUT2D eigenvalue weighted by Gasteiger charge is -2.30. The van der Waals surface area contributed by atoms with Crippen molar-refractivity contribution in [2.24, 2.45) is 0 Å². The maximum absolute atomic E-state index is 11.4. The fourth-order valence-electron chi connectivity index (χ4n) is 5.57. The molecule has 0 fully saturated rings. The zero-order chi connectivity index (χ0) is 25.9. The van der Waals surface area contributed by atoms with Crippen LogP contribution >= 0.6 is 0 Å². The Balaban J connectivity index is 1.40. The Morgan fingerprint density at radius 2 is 2.08 bits per heavy atom. The second kappa shape index (κ2) is 10.7. The number of hydrogen-bond donors (Lipinski definition) is 4. The number of ether oxygens (including phenoxy) is 1. The predicted molar refractivity (Wildman–Crippen MR) is 146 cm³/mol. The number of fused-ring (bicyclic) bond motifs is 2. The fourth-order valence-corrected chi connectivity index (χ4v) is 5.57. The van der Waals surface area contributed by atoms with Gasteiger partial charge in [-0.1, -0.05) is 18.2 Å². The first-order valence-corrected chi connectivity index (χ1v) is 12.7. The number of methoxy groups -OCH3 is 1. The van der Waals surface area contributed by atoms with E-state index in [9.17, 15) is 4.79 Å². The first-order valence-electron chi connectivity index (χ1n) is 12.7. The van der Waals surface area contributed by atoms with Gasteiger partial charge in [-0.25, -0.2) is 5.48 Å². The number of hydrogen-bond acceptors (Lipinski definition) is 4. The Bertz CT molecular complexity index is 1450. The highest BCUT2D eigenvalue weighted by atomic mass is 16.5. The summed E-state index contributed by atoms with van der Waals surface area (Å²) in [7, 11) is 1.69. The maximum Gasteiger partial charge on any atom is 0.267 e. The molecular weight excluding hydrogens is 464 g/mol. The number of aryl methyl sites for hydroxylation is 3. The second-order valence-corrected chi connectivity index (χ2v) is 9.88. The van der Waals surface area contributed by atoms with Gasteiger partial charge in [-0.3, -0.25) is 14.9 Å². The van der Waals surface area contributed by atoms with E-state index < -0.39 is 5.91 Å². The Morgan fingerprint density at radius 3 is 2.84 bits per heavy atom. The molecule has 1 aliphatic carbocycles. The van der Waals surface area contributed by atoms with E-state index >= 15 is 0 Å². The average molecular weight is 499 g/mol. The summed E-state index contributed by atoms with van der Waals surface area (Å²) in [6.45, 7) is 6.07. The van der Waals surface area contributed by atoms with Gasteiger partial charge in [0.1, 0.15) is 5.75 Å². The van der Waals surface area contributed by atoms with Crippen LogP contribution in [0.4, 0.5) is 0 Å². The van der Waals surface area contributed by atoms with Crippen LogP contribution in [0.3, 0.4) is 0 Å². The molecule has 192 valence electrons. The molecule has 4 N–H and O–H groups in total. The lowest BCUT2D eigenvalue weighted by atomic mass is 10.0. The van der Waals surface area contributed by atoms with E-state index in [0.29, 0.717) is 6.04 Å². The monoisotopic (exact) mass is 498 g/mol. The van der Waals surface area contributed by atoms with Crippen molar-refractivity contribution in [1.82, 2.24) is 20.3 Å². The van der Waals surface area contributed by atoms with Crippen LogP contribution in [0.25, 0.3) is 17.0 Å². The summed E-state index contributed by atoms with van der Waals surface area (Å²) in [5, 5.41) is 9.98. The Labute approximate surface area is 217 Å². The summed E-state index contributed by atoms with van der Waals surface area (Å²) in [6, 6.07) is 15.1. The Morgan fingerprint density at radius 1 is 1.22 bits per heavy atom. The van der Waals surface area contributed by atoms with Crippen LogP contribution in [-0.4, -0.2) is 39.6 Å². The van der Waals surface area contributed by atoms with Gasteiger partial charge in [0.25, 0.3) is 5.91 Å². The van der Waals surface area contributed by atoms with Gasteiger partial charge in [0.15, 0.2) is 0 Å². The van der Waals surface area contributed by atoms with Crippen molar-refractivity contribution in [2.45, 2.75) is 45.7 Å². The molecule has 1 atom stereocenters. The minimum absolute atomic E-state index is 0.321. The van der Waals surface area contributed by atoms with Crippen LogP contribution in [-0.2, 0) is 24.2 Å². The molecule has 4 aromatic rings. The number of hydroxylamine groups is 1. The van der Waals surface area contributed by atoms with Crippen LogP contribution < -0.4 is 10.2 Å². The highest BCUT2D eigenvalue weighted by Crippen LogP contribution is 2.38. The number of nitrogens with one attached hydrogen (secondary N) is 3. The first kappa shape index (κ1) is 24.9. The number of carbonyl (C=O) groups excluding carboxylic acids is 1. The number of amides is 1. The predicted octanol–water partition coefficient (Wildman–Crippen LogP) is 5.37. The molecule has 0 radical (unpaired) electrons. The second-order valence-electron chi connectivity index (χ2n) is 9.88. The van der Waals surface area contributed by atoms with E-state index in [4.69, 9.17) is 9.94 Å². The standard InChI is InChI=1S/C30H34N4O3/c1-19-14-20(2)32-28(19)18-34(13-12-23-17-31-27-16-24(37-3)7-9-25(23)27)29-10-6-22-15-21(4-8-26(22)29)5-11-30(35)33-36/h4-5,7-9,11,14-17,29,31-32,36H,6,10,12-13,18H2,1-3H3,(H,33,35)/b11-5+. The van der Waals surface area contributed by atoms with E-state index in [2.05, 4.69) is 59.2 Å². The van der Waals surface area contributed by atoms with E-state index in [1.54, 1.807) is 18.7 Å². The number of rotatable bonds is 9. The number of H-pyrrole nitrogens is 2. The molecule has 0 bridgehead atoms. The molecule has 5 rings (SSSR count). The van der Waals surface area contributed by atoms with Gasteiger partial charge in [0.05, 0.1) is 7.11 Å². The summed E-state index contributed by atoms with van der Waals surface area (Å²) in [5.41, 5.74) is 11.4. The minimum atomic E-state index is -0.531. The van der Waals surface area contributed by atoms with E-state index in [-0.39, 0.29) is 0 Å². The maximum atomic E-state index is 11.4. The zero-order valence-electron chi connectivity index (χ0n) is 21.6. The molecule has 0 aliphatic heterocycles. The van der Waals surface area contributed by atoms with Crippen LogP contribution in [0.15, 0.2) is 54.7 Å². The van der Waals surface area contributed by atoms with Gasteiger partial charge in [0, 0.05) is 59.8 Å². The van der Waals surface area contributed by atoms with Gasteiger partial charge < -0.3 is 14.7 Å². The number of aromatic amines is 2. The summed E-state index contributed by atoms with van der Waals surface area (Å²) < 4.78 is 5.38. The third kappa shape index (κ3) is 5.33. The molecule has 1 aliphatic rings. The summed E-state index contributed by atoms with van der Waals surface area (Å²) >= 11 is 0. The Kier molecular flexibility index (Phi) is 7.17. The van der Waals surface area contributed by atoms with Crippen LogP contribution in [0.1, 0.15) is 51.7 Å². The molecule has 2 heterocycles. The molecular formula is C30H34N4O3. The van der Waals surface area contributed by atoms with Gasteiger partial charge in [-0.2, -0.15) is 0 Å². The summed E-state index contributed by atoms with van der Waals surface area (Å²) in [5.74, 6) is 0.325. The van der Waals surface area contributed by atoms with Gasteiger partial charge in [-0.05, 0) is 85.2 Å². The smallest absolute Gasteiger partial charge is 0.267 e. The van der Waals surface area contributed by atoms with Crippen molar-refractivity contribution < 1.29 is 14.7 Å². The van der Waals surface area contributed by atoms with E-state index in [1.165, 1.54) is 45.1 Å². The van der Waals surface area contributed by atoms with Gasteiger partial charge in [-0.15, -0.1) is 0 Å². The highest BCUT2D eigenvalue weighted by Gasteiger charge is 2.29. The molecule has 2 aromatic heterocycles. The van der Waals surface area contributed by atoms with Gasteiger partial charge in [0.2, 0.25) is 0 Å².